The topological polar surface area (TPSA) is 42.6 Å². The molecule has 1 heterocycles. The van der Waals surface area contributed by atoms with Gasteiger partial charge in [-0.05, 0) is 23.8 Å². The molecule has 1 aromatic heterocycles. The first kappa shape index (κ1) is 13.1. The molecule has 3 nitrogen and oxygen atoms in total. The number of aliphatic imine (C=N–C) groups is 1. The first-order chi connectivity index (χ1) is 10.3. The Bertz CT molecular complexity index is 861. The monoisotopic (exact) mass is 275 g/mol. The normalized spacial score (nSPS) is 11.6. The van der Waals surface area contributed by atoms with Crippen molar-refractivity contribution in [2.45, 2.75) is 0 Å². The van der Waals surface area contributed by atoms with Crippen LogP contribution in [-0.4, -0.2) is 6.21 Å². The van der Waals surface area contributed by atoms with Gasteiger partial charge in [0.25, 0.3) is 0 Å². The van der Waals surface area contributed by atoms with Gasteiger partial charge in [-0.15, -0.1) is 0 Å². The summed E-state index contributed by atoms with van der Waals surface area (Å²) < 4.78 is 5.21. The zero-order valence-corrected chi connectivity index (χ0v) is 11.3. The number of hydrogen-bond donors (Lipinski definition) is 0. The maximum Gasteiger partial charge on any atom is 0.362 e. The van der Waals surface area contributed by atoms with Crippen molar-refractivity contribution in [3.05, 3.63) is 82.7 Å². The number of rotatable bonds is 3. The molecule has 0 unspecified atom stereocenters. The molecule has 3 aromatic rings. The van der Waals surface area contributed by atoms with Gasteiger partial charge >= 0.3 is 5.63 Å². The molecule has 3 rings (SSSR count). The molecule has 102 valence electrons. The largest absolute Gasteiger partial charge is 0.421 e. The molecule has 0 radical (unpaired) electrons. The van der Waals surface area contributed by atoms with Crippen LogP contribution in [0, 0.1) is 0 Å². The van der Waals surface area contributed by atoms with Crippen LogP contribution in [0.2, 0.25) is 0 Å². The number of nitrogens with zero attached hydrogens (tertiary/aromatic N) is 1. The van der Waals surface area contributed by atoms with Crippen molar-refractivity contribution in [3.63, 3.8) is 0 Å². The second-order valence-corrected chi connectivity index (χ2v) is 4.50. The van der Waals surface area contributed by atoms with Gasteiger partial charge in [0.05, 0.1) is 0 Å². The summed E-state index contributed by atoms with van der Waals surface area (Å²) in [5.74, 6) is 0. The molecular formula is C18H13NO2. The number of fused-ring (bicyclic) bond motifs is 1. The van der Waals surface area contributed by atoms with Gasteiger partial charge in [-0.3, -0.25) is 0 Å². The fourth-order valence-corrected chi connectivity index (χ4v) is 1.98. The lowest BCUT2D eigenvalue weighted by Crippen LogP contribution is -1.97. The highest BCUT2D eigenvalue weighted by atomic mass is 16.4. The van der Waals surface area contributed by atoms with Crippen molar-refractivity contribution < 1.29 is 4.42 Å². The molecule has 0 fully saturated rings. The van der Waals surface area contributed by atoms with E-state index in [1.54, 1.807) is 24.4 Å². The lowest BCUT2D eigenvalue weighted by atomic mass is 10.2. The molecule has 0 bridgehead atoms. The summed E-state index contributed by atoms with van der Waals surface area (Å²) in [4.78, 5) is 15.9. The molecule has 0 aliphatic heterocycles. The van der Waals surface area contributed by atoms with Gasteiger partial charge in [-0.25, -0.2) is 9.79 Å². The number of para-hydroxylation sites is 1. The van der Waals surface area contributed by atoms with E-state index in [1.165, 1.54) is 0 Å². The predicted molar refractivity (Wildman–Crippen MR) is 86.1 cm³/mol. The molecule has 3 heteroatoms. The van der Waals surface area contributed by atoms with Crippen molar-refractivity contribution >= 4 is 28.9 Å². The molecule has 0 saturated carbocycles. The van der Waals surface area contributed by atoms with Crippen LogP contribution in [-0.2, 0) is 0 Å². The first-order valence-corrected chi connectivity index (χ1v) is 6.61. The Hall–Kier alpha value is -2.94. The average molecular weight is 275 g/mol. The minimum absolute atomic E-state index is 0.298. The fourth-order valence-electron chi connectivity index (χ4n) is 1.98. The number of benzene rings is 2. The van der Waals surface area contributed by atoms with E-state index in [0.717, 1.165) is 10.9 Å². The summed E-state index contributed by atoms with van der Waals surface area (Å²) in [6.07, 6.45) is 5.31. The highest BCUT2D eigenvalue weighted by molar-refractivity contribution is 5.83. The highest BCUT2D eigenvalue weighted by Gasteiger charge is 2.01. The third-order valence-electron chi connectivity index (χ3n) is 3.01. The Morgan fingerprint density at radius 2 is 1.71 bits per heavy atom. The summed E-state index contributed by atoms with van der Waals surface area (Å²) in [7, 11) is 0. The van der Waals surface area contributed by atoms with Gasteiger partial charge in [-0.1, -0.05) is 54.6 Å². The Labute approximate surface area is 121 Å². The van der Waals surface area contributed by atoms with Crippen molar-refractivity contribution in [2.75, 3.05) is 0 Å². The van der Waals surface area contributed by atoms with Crippen LogP contribution in [0.1, 0.15) is 5.56 Å². The second-order valence-electron chi connectivity index (χ2n) is 4.50. The number of allylic oxidation sites excluding steroid dienone is 1. The summed E-state index contributed by atoms with van der Waals surface area (Å²) in [6, 6.07) is 19.0. The molecule has 2 aromatic carbocycles. The first-order valence-electron chi connectivity index (χ1n) is 6.61. The molecule has 21 heavy (non-hydrogen) atoms. The Morgan fingerprint density at radius 3 is 2.57 bits per heavy atom. The third-order valence-corrected chi connectivity index (χ3v) is 3.01. The standard InChI is InChI=1S/C18H13NO2/c20-18-16(13-15-10-4-5-11-17(15)21-18)19-12-6-9-14-7-2-1-3-8-14/h1-13H. The Kier molecular flexibility index (Phi) is 3.74. The molecule has 0 aliphatic rings. The van der Waals surface area contributed by atoms with Crippen molar-refractivity contribution in [1.29, 1.82) is 0 Å². The maximum absolute atomic E-state index is 11.8. The summed E-state index contributed by atoms with van der Waals surface area (Å²) in [6.45, 7) is 0. The van der Waals surface area contributed by atoms with E-state index in [-0.39, 0.29) is 0 Å². The fraction of sp³-hybridized carbons (Fsp3) is 0. The van der Waals surface area contributed by atoms with E-state index in [4.69, 9.17) is 4.42 Å². The lowest BCUT2D eigenvalue weighted by Gasteiger charge is -1.96. The van der Waals surface area contributed by atoms with Gasteiger partial charge in [0, 0.05) is 11.6 Å². The van der Waals surface area contributed by atoms with Gasteiger partial charge in [-0.2, -0.15) is 0 Å². The average Bonchev–Trinajstić information content (AvgIpc) is 2.53. The summed E-state index contributed by atoms with van der Waals surface area (Å²) in [5.41, 5.74) is 1.51. The molecule has 0 amide bonds. The summed E-state index contributed by atoms with van der Waals surface area (Å²) in [5, 5.41) is 0.858. The van der Waals surface area contributed by atoms with E-state index in [1.807, 2.05) is 54.6 Å². The van der Waals surface area contributed by atoms with E-state index in [9.17, 15) is 4.79 Å². The molecule has 0 aliphatic carbocycles. The van der Waals surface area contributed by atoms with Crippen LogP contribution in [0.15, 0.2) is 80.9 Å². The SMILES string of the molecule is O=c1oc2ccccc2cc1N=CC=Cc1ccccc1. The molecular weight excluding hydrogens is 262 g/mol. The Morgan fingerprint density at radius 1 is 0.952 bits per heavy atom. The quantitative estimate of drug-likeness (QED) is 0.531. The third kappa shape index (κ3) is 3.15. The van der Waals surface area contributed by atoms with Crippen molar-refractivity contribution in [3.8, 4) is 0 Å². The van der Waals surface area contributed by atoms with Crippen LogP contribution in [0.5, 0.6) is 0 Å². The van der Waals surface area contributed by atoms with E-state index in [2.05, 4.69) is 4.99 Å². The summed E-state index contributed by atoms with van der Waals surface area (Å²) >= 11 is 0. The minimum Gasteiger partial charge on any atom is -0.421 e. The molecule has 0 N–H and O–H groups in total. The van der Waals surface area contributed by atoms with Gasteiger partial charge in [0.1, 0.15) is 11.3 Å². The van der Waals surface area contributed by atoms with Crippen LogP contribution in [0.3, 0.4) is 0 Å². The molecule has 0 atom stereocenters. The zero-order chi connectivity index (χ0) is 14.5. The number of hydrogen-bond acceptors (Lipinski definition) is 3. The van der Waals surface area contributed by atoms with Crippen molar-refractivity contribution in [1.82, 2.24) is 0 Å². The van der Waals surface area contributed by atoms with Gasteiger partial charge in [0.2, 0.25) is 0 Å². The minimum atomic E-state index is -0.432. The molecule has 0 saturated heterocycles. The Balaban J connectivity index is 1.84. The lowest BCUT2D eigenvalue weighted by molar-refractivity contribution is 0.563. The molecule has 0 spiro atoms. The zero-order valence-electron chi connectivity index (χ0n) is 11.3. The van der Waals surface area contributed by atoms with Gasteiger partial charge < -0.3 is 4.42 Å². The van der Waals surface area contributed by atoms with Crippen LogP contribution in [0.25, 0.3) is 17.0 Å². The van der Waals surface area contributed by atoms with E-state index >= 15 is 0 Å². The highest BCUT2D eigenvalue weighted by Crippen LogP contribution is 2.16. The van der Waals surface area contributed by atoms with Crippen molar-refractivity contribution in [2.24, 2.45) is 4.99 Å². The van der Waals surface area contributed by atoms with E-state index in [0.29, 0.717) is 11.3 Å². The van der Waals surface area contributed by atoms with Crippen LogP contribution >= 0.6 is 0 Å². The second kappa shape index (κ2) is 6.01. The predicted octanol–water partition coefficient (Wildman–Crippen LogP) is 4.21. The van der Waals surface area contributed by atoms with Gasteiger partial charge in [0.15, 0.2) is 0 Å². The maximum atomic E-state index is 11.8. The smallest absolute Gasteiger partial charge is 0.362 e. The van der Waals surface area contributed by atoms with Crippen LogP contribution in [0.4, 0.5) is 5.69 Å². The van der Waals surface area contributed by atoms with E-state index < -0.39 is 5.63 Å². The van der Waals surface area contributed by atoms with Crippen LogP contribution < -0.4 is 5.63 Å².